The number of rotatable bonds is 4. The summed E-state index contributed by atoms with van der Waals surface area (Å²) in [5, 5.41) is 3.16. The zero-order valence-corrected chi connectivity index (χ0v) is 9.02. The first-order chi connectivity index (χ1) is 7.79. The lowest BCUT2D eigenvalue weighted by Gasteiger charge is -2.07. The molecule has 0 spiro atoms. The molecule has 2 aromatic rings. The van der Waals surface area contributed by atoms with Crippen molar-refractivity contribution in [2.24, 2.45) is 0 Å². The monoisotopic (exact) mass is 220 g/mol. The van der Waals surface area contributed by atoms with E-state index in [0.29, 0.717) is 6.54 Å². The summed E-state index contributed by atoms with van der Waals surface area (Å²) in [7, 11) is 0. The smallest absolute Gasteiger partial charge is 0.212 e. The highest BCUT2D eigenvalue weighted by Crippen LogP contribution is 2.08. The van der Waals surface area contributed by atoms with Gasteiger partial charge in [-0.25, -0.2) is 9.97 Å². The molecule has 0 unspecified atom stereocenters. The summed E-state index contributed by atoms with van der Waals surface area (Å²) in [4.78, 5) is 7.64. The zero-order chi connectivity index (χ0) is 11.4. The number of aryl methyl sites for hydroxylation is 1. The van der Waals surface area contributed by atoms with Crippen LogP contribution in [0.5, 0.6) is 0 Å². The number of nitrogens with zero attached hydrogens (tertiary/aromatic N) is 3. The highest BCUT2D eigenvalue weighted by atomic mass is 19.1. The Morgan fingerprint density at radius 2 is 2.25 bits per heavy atom. The van der Waals surface area contributed by atoms with E-state index in [9.17, 15) is 4.39 Å². The van der Waals surface area contributed by atoms with Crippen molar-refractivity contribution in [3.05, 3.63) is 42.5 Å². The average molecular weight is 220 g/mol. The summed E-state index contributed by atoms with van der Waals surface area (Å²) in [5.74, 6) is -0.468. The molecule has 0 amide bonds. The molecule has 2 aromatic heterocycles. The first-order valence-electron chi connectivity index (χ1n) is 5.14. The van der Waals surface area contributed by atoms with E-state index in [0.717, 1.165) is 17.9 Å². The molecule has 4 nitrogen and oxygen atoms in total. The molecule has 0 aromatic carbocycles. The third-order valence-electron chi connectivity index (χ3n) is 2.34. The van der Waals surface area contributed by atoms with Crippen molar-refractivity contribution in [2.45, 2.75) is 20.0 Å². The van der Waals surface area contributed by atoms with Crippen LogP contribution in [-0.4, -0.2) is 14.5 Å². The minimum absolute atomic E-state index is 0.468. The number of anilines is 1. The number of imidazole rings is 1. The van der Waals surface area contributed by atoms with Gasteiger partial charge in [0.05, 0.1) is 30.5 Å². The van der Waals surface area contributed by atoms with Crippen LogP contribution in [-0.2, 0) is 13.1 Å². The molecule has 1 N–H and O–H groups in total. The molecule has 0 bridgehead atoms. The van der Waals surface area contributed by atoms with Gasteiger partial charge in [-0.1, -0.05) is 0 Å². The van der Waals surface area contributed by atoms with Gasteiger partial charge in [0.25, 0.3) is 0 Å². The largest absolute Gasteiger partial charge is 0.378 e. The normalized spacial score (nSPS) is 10.4. The van der Waals surface area contributed by atoms with E-state index in [1.54, 1.807) is 12.4 Å². The fourth-order valence-electron chi connectivity index (χ4n) is 1.45. The Labute approximate surface area is 93.2 Å². The fourth-order valence-corrected chi connectivity index (χ4v) is 1.45. The minimum atomic E-state index is -0.468. The molecule has 0 radical (unpaired) electrons. The molecule has 0 saturated heterocycles. The van der Waals surface area contributed by atoms with Crippen molar-refractivity contribution in [3.8, 4) is 0 Å². The average Bonchev–Trinajstić information content (AvgIpc) is 2.76. The van der Waals surface area contributed by atoms with Crippen molar-refractivity contribution in [1.29, 1.82) is 0 Å². The lowest BCUT2D eigenvalue weighted by atomic mass is 10.4. The highest BCUT2D eigenvalue weighted by Gasteiger charge is 2.00. The van der Waals surface area contributed by atoms with Crippen LogP contribution >= 0.6 is 0 Å². The van der Waals surface area contributed by atoms with Gasteiger partial charge in [0.1, 0.15) is 0 Å². The Hall–Kier alpha value is -1.91. The lowest BCUT2D eigenvalue weighted by Crippen LogP contribution is -2.06. The molecule has 0 aliphatic carbocycles. The van der Waals surface area contributed by atoms with Crippen molar-refractivity contribution in [1.82, 2.24) is 14.5 Å². The van der Waals surface area contributed by atoms with Crippen LogP contribution in [0.1, 0.15) is 12.6 Å². The summed E-state index contributed by atoms with van der Waals surface area (Å²) in [6.07, 6.45) is 5.08. The van der Waals surface area contributed by atoms with Crippen molar-refractivity contribution < 1.29 is 4.39 Å². The summed E-state index contributed by atoms with van der Waals surface area (Å²) >= 11 is 0. The summed E-state index contributed by atoms with van der Waals surface area (Å²) in [6.45, 7) is 3.60. The Bertz CT molecular complexity index is 449. The van der Waals surface area contributed by atoms with Gasteiger partial charge in [-0.15, -0.1) is 0 Å². The second-order valence-corrected chi connectivity index (χ2v) is 3.39. The van der Waals surface area contributed by atoms with Gasteiger partial charge in [-0.3, -0.25) is 0 Å². The molecular weight excluding hydrogens is 207 g/mol. The van der Waals surface area contributed by atoms with Gasteiger partial charge in [0.15, 0.2) is 0 Å². The molecule has 5 heteroatoms. The van der Waals surface area contributed by atoms with E-state index in [4.69, 9.17) is 0 Å². The van der Waals surface area contributed by atoms with Crippen LogP contribution < -0.4 is 5.32 Å². The molecule has 16 heavy (non-hydrogen) atoms. The van der Waals surface area contributed by atoms with Crippen LogP contribution in [0.25, 0.3) is 0 Å². The van der Waals surface area contributed by atoms with Gasteiger partial charge in [-0.2, -0.15) is 4.39 Å². The predicted molar refractivity (Wildman–Crippen MR) is 59.4 cm³/mol. The quantitative estimate of drug-likeness (QED) is 0.802. The van der Waals surface area contributed by atoms with Gasteiger partial charge in [0, 0.05) is 12.7 Å². The minimum Gasteiger partial charge on any atom is -0.378 e. The molecular formula is C11H13FN4. The van der Waals surface area contributed by atoms with E-state index < -0.39 is 5.95 Å². The number of hydrogen-bond acceptors (Lipinski definition) is 3. The maximum atomic E-state index is 12.6. The molecule has 0 aliphatic rings. The molecule has 2 rings (SSSR count). The number of halogens is 1. The SMILES string of the molecule is CCn1cncc1CNc1ccc(F)nc1. The first-order valence-corrected chi connectivity index (χ1v) is 5.14. The zero-order valence-electron chi connectivity index (χ0n) is 9.02. The van der Waals surface area contributed by atoms with E-state index in [-0.39, 0.29) is 0 Å². The molecule has 0 aliphatic heterocycles. The maximum Gasteiger partial charge on any atom is 0.212 e. The van der Waals surface area contributed by atoms with Gasteiger partial charge < -0.3 is 9.88 Å². The van der Waals surface area contributed by atoms with E-state index >= 15 is 0 Å². The second-order valence-electron chi connectivity index (χ2n) is 3.39. The van der Waals surface area contributed by atoms with Gasteiger partial charge in [-0.05, 0) is 19.1 Å². The van der Waals surface area contributed by atoms with E-state index in [1.165, 1.54) is 12.3 Å². The highest BCUT2D eigenvalue weighted by molar-refractivity contribution is 5.40. The van der Waals surface area contributed by atoms with Crippen LogP contribution in [0.4, 0.5) is 10.1 Å². The van der Waals surface area contributed by atoms with Crippen molar-refractivity contribution in [3.63, 3.8) is 0 Å². The molecule has 2 heterocycles. The standard InChI is InChI=1S/C11H13FN4/c1-2-16-8-13-6-10(16)7-14-9-3-4-11(12)15-5-9/h3-6,8,14H,2,7H2,1H3. The van der Waals surface area contributed by atoms with E-state index in [2.05, 4.69) is 22.2 Å². The Morgan fingerprint density at radius 1 is 1.38 bits per heavy atom. The molecule has 0 fully saturated rings. The van der Waals surface area contributed by atoms with Gasteiger partial charge in [0.2, 0.25) is 5.95 Å². The van der Waals surface area contributed by atoms with Crippen molar-refractivity contribution >= 4 is 5.69 Å². The third-order valence-corrected chi connectivity index (χ3v) is 2.34. The fraction of sp³-hybridized carbons (Fsp3) is 0.273. The summed E-state index contributed by atoms with van der Waals surface area (Å²) < 4.78 is 14.6. The topological polar surface area (TPSA) is 42.7 Å². The second kappa shape index (κ2) is 4.74. The molecule has 0 atom stereocenters. The van der Waals surface area contributed by atoms with Crippen LogP contribution in [0.3, 0.4) is 0 Å². The van der Waals surface area contributed by atoms with Crippen molar-refractivity contribution in [2.75, 3.05) is 5.32 Å². The van der Waals surface area contributed by atoms with Crippen LogP contribution in [0, 0.1) is 5.95 Å². The lowest BCUT2D eigenvalue weighted by molar-refractivity contribution is 0.584. The third kappa shape index (κ3) is 2.36. The van der Waals surface area contributed by atoms with E-state index in [1.807, 2.05) is 10.8 Å². The first kappa shape index (κ1) is 10.6. The number of nitrogens with one attached hydrogen (secondary N) is 1. The van der Waals surface area contributed by atoms with Crippen LogP contribution in [0.2, 0.25) is 0 Å². The summed E-state index contributed by atoms with van der Waals surface area (Å²) in [5.41, 5.74) is 1.89. The van der Waals surface area contributed by atoms with Crippen LogP contribution in [0.15, 0.2) is 30.9 Å². The predicted octanol–water partition coefficient (Wildman–Crippen LogP) is 2.05. The summed E-state index contributed by atoms with van der Waals surface area (Å²) in [6, 6.07) is 2.99. The maximum absolute atomic E-state index is 12.6. The number of pyridine rings is 1. The van der Waals surface area contributed by atoms with Gasteiger partial charge >= 0.3 is 0 Å². The Balaban J connectivity index is 1.99. The number of aromatic nitrogens is 3. The molecule has 84 valence electrons. The Morgan fingerprint density at radius 3 is 2.94 bits per heavy atom. The molecule has 0 saturated carbocycles. The Kier molecular flexibility index (Phi) is 3.14. The number of hydrogen-bond donors (Lipinski definition) is 1.